The van der Waals surface area contributed by atoms with Gasteiger partial charge in [-0.15, -0.1) is 0 Å². The number of aryl methyl sites for hydroxylation is 1. The van der Waals surface area contributed by atoms with Gasteiger partial charge in [-0.3, -0.25) is 9.69 Å². The molecule has 0 spiro atoms. The molecular weight excluding hydrogens is 230 g/mol. The number of aromatic hydroxyl groups is 1. The van der Waals surface area contributed by atoms with Crippen LogP contribution in [-0.4, -0.2) is 33.7 Å². The van der Waals surface area contributed by atoms with Crippen LogP contribution in [0.2, 0.25) is 0 Å². The normalized spacial score (nSPS) is 16.8. The molecule has 2 N–H and O–H groups in total. The van der Waals surface area contributed by atoms with E-state index in [1.54, 1.807) is 6.07 Å². The quantitative estimate of drug-likeness (QED) is 0.840. The third-order valence-electron chi connectivity index (χ3n) is 3.46. The molecule has 1 fully saturated rings. The number of carboxylic acid groups (broad SMARTS) is 1. The van der Waals surface area contributed by atoms with Gasteiger partial charge in [0.15, 0.2) is 0 Å². The number of carbonyl (C=O) groups is 1. The Kier molecular flexibility index (Phi) is 3.57. The summed E-state index contributed by atoms with van der Waals surface area (Å²) in [5.74, 6) is -0.579. The van der Waals surface area contributed by atoms with Crippen LogP contribution in [0.25, 0.3) is 0 Å². The summed E-state index contributed by atoms with van der Waals surface area (Å²) >= 11 is 0. The third kappa shape index (κ3) is 2.82. The van der Waals surface area contributed by atoms with Crippen molar-refractivity contribution in [2.45, 2.75) is 38.8 Å². The van der Waals surface area contributed by atoms with Crippen LogP contribution in [-0.2, 0) is 4.79 Å². The van der Waals surface area contributed by atoms with Crippen molar-refractivity contribution in [3.63, 3.8) is 0 Å². The van der Waals surface area contributed by atoms with Crippen LogP contribution in [0.3, 0.4) is 0 Å². The van der Waals surface area contributed by atoms with Gasteiger partial charge in [0.2, 0.25) is 0 Å². The Morgan fingerprint density at radius 1 is 1.50 bits per heavy atom. The average molecular weight is 249 g/mol. The summed E-state index contributed by atoms with van der Waals surface area (Å²) in [5.41, 5.74) is 1.88. The zero-order valence-corrected chi connectivity index (χ0v) is 10.8. The minimum absolute atomic E-state index is 0.0270. The van der Waals surface area contributed by atoms with E-state index in [1.165, 1.54) is 0 Å². The topological polar surface area (TPSA) is 60.8 Å². The van der Waals surface area contributed by atoms with Crippen molar-refractivity contribution in [3.8, 4) is 5.75 Å². The van der Waals surface area contributed by atoms with Crippen molar-refractivity contribution in [3.05, 3.63) is 29.3 Å². The molecule has 18 heavy (non-hydrogen) atoms. The fourth-order valence-corrected chi connectivity index (χ4v) is 2.33. The highest BCUT2D eigenvalue weighted by molar-refractivity contribution is 5.69. The first kappa shape index (κ1) is 12.9. The van der Waals surface area contributed by atoms with Gasteiger partial charge in [-0.25, -0.2) is 0 Å². The second-order valence-electron chi connectivity index (χ2n) is 5.04. The van der Waals surface area contributed by atoms with Crippen molar-refractivity contribution >= 4 is 5.97 Å². The largest absolute Gasteiger partial charge is 0.508 e. The molecular formula is C14H19NO3. The lowest BCUT2D eigenvalue weighted by Gasteiger charge is -2.28. The Hall–Kier alpha value is -1.55. The molecule has 1 aliphatic carbocycles. The molecule has 1 atom stereocenters. The van der Waals surface area contributed by atoms with Gasteiger partial charge in [0.25, 0.3) is 0 Å². The number of benzene rings is 1. The highest BCUT2D eigenvalue weighted by atomic mass is 16.4. The first-order valence-corrected chi connectivity index (χ1v) is 6.26. The van der Waals surface area contributed by atoms with E-state index in [2.05, 4.69) is 0 Å². The molecule has 0 amide bonds. The van der Waals surface area contributed by atoms with Crippen molar-refractivity contribution in [2.24, 2.45) is 0 Å². The van der Waals surface area contributed by atoms with Crippen molar-refractivity contribution in [2.75, 3.05) is 6.54 Å². The fraction of sp³-hybridized carbons (Fsp3) is 0.500. The highest BCUT2D eigenvalue weighted by Crippen LogP contribution is 2.36. The maximum absolute atomic E-state index is 10.9. The number of carboxylic acids is 1. The summed E-state index contributed by atoms with van der Waals surface area (Å²) in [6.45, 7) is 3.95. The number of rotatable bonds is 5. The Bertz CT molecular complexity index is 454. The van der Waals surface area contributed by atoms with Gasteiger partial charge in [-0.05, 0) is 32.8 Å². The van der Waals surface area contributed by atoms with Gasteiger partial charge in [0, 0.05) is 17.6 Å². The maximum atomic E-state index is 10.9. The molecule has 0 saturated heterocycles. The van der Waals surface area contributed by atoms with E-state index in [0.717, 1.165) is 24.0 Å². The fourth-order valence-electron chi connectivity index (χ4n) is 2.33. The van der Waals surface area contributed by atoms with Gasteiger partial charge in [0.1, 0.15) is 5.75 Å². The summed E-state index contributed by atoms with van der Waals surface area (Å²) in [7, 11) is 0. The predicted molar refractivity (Wildman–Crippen MR) is 68.6 cm³/mol. The van der Waals surface area contributed by atoms with Crippen LogP contribution in [0.1, 0.15) is 36.9 Å². The number of phenolic OH excluding ortho intramolecular Hbond substituents is 1. The highest BCUT2D eigenvalue weighted by Gasteiger charge is 2.34. The molecule has 98 valence electrons. The second kappa shape index (κ2) is 4.98. The second-order valence-corrected chi connectivity index (χ2v) is 5.04. The Morgan fingerprint density at radius 3 is 2.72 bits per heavy atom. The van der Waals surface area contributed by atoms with Gasteiger partial charge in [-0.1, -0.05) is 17.7 Å². The third-order valence-corrected chi connectivity index (χ3v) is 3.46. The number of phenols is 1. The first-order chi connectivity index (χ1) is 8.49. The average Bonchev–Trinajstić information content (AvgIpc) is 3.12. The standard InChI is InChI=1S/C14H19NO3/c1-9-3-6-13(16)12(7-9)10(2)15(8-14(17)18)11-4-5-11/h3,6-7,10-11,16H,4-5,8H2,1-2H3,(H,17,18). The molecule has 0 heterocycles. The molecule has 1 aromatic carbocycles. The summed E-state index contributed by atoms with van der Waals surface area (Å²) in [4.78, 5) is 12.9. The lowest BCUT2D eigenvalue weighted by Crippen LogP contribution is -2.34. The van der Waals surface area contributed by atoms with Crippen molar-refractivity contribution < 1.29 is 15.0 Å². The van der Waals surface area contributed by atoms with Crippen LogP contribution in [0.5, 0.6) is 5.75 Å². The van der Waals surface area contributed by atoms with E-state index in [0.29, 0.717) is 6.04 Å². The Morgan fingerprint density at radius 2 is 2.17 bits per heavy atom. The SMILES string of the molecule is Cc1ccc(O)c(C(C)N(CC(=O)O)C2CC2)c1. The molecule has 2 rings (SSSR count). The van der Waals surface area contributed by atoms with Gasteiger partial charge in [-0.2, -0.15) is 0 Å². The minimum Gasteiger partial charge on any atom is -0.508 e. The summed E-state index contributed by atoms with van der Waals surface area (Å²) < 4.78 is 0. The molecule has 0 radical (unpaired) electrons. The van der Waals surface area contributed by atoms with E-state index in [9.17, 15) is 9.90 Å². The number of aliphatic carboxylic acids is 1. The summed E-state index contributed by atoms with van der Waals surface area (Å²) in [5, 5.41) is 18.9. The Labute approximate surface area is 107 Å². The molecule has 1 aliphatic rings. The molecule has 0 aromatic heterocycles. The number of nitrogens with zero attached hydrogens (tertiary/aromatic N) is 1. The molecule has 1 unspecified atom stereocenters. The number of hydrogen-bond acceptors (Lipinski definition) is 3. The monoisotopic (exact) mass is 249 g/mol. The van der Waals surface area contributed by atoms with Gasteiger partial charge >= 0.3 is 5.97 Å². The van der Waals surface area contributed by atoms with Crippen LogP contribution in [0.15, 0.2) is 18.2 Å². The van der Waals surface area contributed by atoms with E-state index in [4.69, 9.17) is 5.11 Å². The molecule has 0 bridgehead atoms. The van der Waals surface area contributed by atoms with Crippen LogP contribution < -0.4 is 0 Å². The van der Waals surface area contributed by atoms with Crippen LogP contribution in [0, 0.1) is 6.92 Å². The smallest absolute Gasteiger partial charge is 0.317 e. The zero-order valence-electron chi connectivity index (χ0n) is 10.8. The van der Waals surface area contributed by atoms with E-state index >= 15 is 0 Å². The van der Waals surface area contributed by atoms with E-state index < -0.39 is 5.97 Å². The zero-order chi connectivity index (χ0) is 13.3. The molecule has 1 aromatic rings. The van der Waals surface area contributed by atoms with Gasteiger partial charge in [0.05, 0.1) is 6.54 Å². The van der Waals surface area contributed by atoms with Crippen molar-refractivity contribution in [1.29, 1.82) is 0 Å². The first-order valence-electron chi connectivity index (χ1n) is 6.26. The van der Waals surface area contributed by atoms with Crippen LogP contribution >= 0.6 is 0 Å². The van der Waals surface area contributed by atoms with Crippen molar-refractivity contribution in [1.82, 2.24) is 4.90 Å². The lowest BCUT2D eigenvalue weighted by molar-refractivity contribution is -0.139. The van der Waals surface area contributed by atoms with E-state index in [1.807, 2.05) is 30.9 Å². The summed E-state index contributed by atoms with van der Waals surface area (Å²) in [6.07, 6.45) is 2.09. The summed E-state index contributed by atoms with van der Waals surface area (Å²) in [6, 6.07) is 5.72. The van der Waals surface area contributed by atoms with Gasteiger partial charge < -0.3 is 10.2 Å². The number of hydrogen-bond donors (Lipinski definition) is 2. The maximum Gasteiger partial charge on any atom is 0.317 e. The lowest BCUT2D eigenvalue weighted by atomic mass is 10.0. The molecule has 4 heteroatoms. The predicted octanol–water partition coefficient (Wildman–Crippen LogP) is 2.31. The Balaban J connectivity index is 2.23. The van der Waals surface area contributed by atoms with Crippen LogP contribution in [0.4, 0.5) is 0 Å². The molecule has 1 saturated carbocycles. The molecule has 0 aliphatic heterocycles. The minimum atomic E-state index is -0.819. The van der Waals surface area contributed by atoms with E-state index in [-0.39, 0.29) is 18.3 Å². The molecule has 4 nitrogen and oxygen atoms in total.